The van der Waals surface area contributed by atoms with E-state index in [-0.39, 0.29) is 0 Å². The first kappa shape index (κ1) is 14.0. The van der Waals surface area contributed by atoms with Crippen LogP contribution >= 0.6 is 0 Å². The van der Waals surface area contributed by atoms with E-state index in [0.717, 1.165) is 13.1 Å². The maximum Gasteiger partial charge on any atom is 0.0366 e. The number of hydrogen-bond donors (Lipinski definition) is 1. The minimum absolute atomic E-state index is 0.542. The molecular weight excluding hydrogens is 208 g/mol. The van der Waals surface area contributed by atoms with Crippen molar-refractivity contribution < 1.29 is 0 Å². The summed E-state index contributed by atoms with van der Waals surface area (Å²) in [4.78, 5) is 2.28. The molecule has 1 aromatic carbocycles. The molecule has 0 amide bonds. The van der Waals surface area contributed by atoms with Gasteiger partial charge in [-0.15, -0.1) is 0 Å². The van der Waals surface area contributed by atoms with Crippen molar-refractivity contribution in [3.8, 4) is 0 Å². The Kier molecular flexibility index (Phi) is 5.49. The minimum atomic E-state index is 0.542. The molecule has 0 bridgehead atoms. The van der Waals surface area contributed by atoms with Crippen molar-refractivity contribution in [2.75, 3.05) is 18.5 Å². The van der Waals surface area contributed by atoms with Gasteiger partial charge in [0, 0.05) is 25.3 Å². The molecule has 1 aromatic rings. The van der Waals surface area contributed by atoms with Crippen LogP contribution in [0.3, 0.4) is 0 Å². The maximum atomic E-state index is 3.46. The van der Waals surface area contributed by atoms with Gasteiger partial charge in [0.1, 0.15) is 0 Å². The van der Waals surface area contributed by atoms with Crippen LogP contribution in [0, 0.1) is 5.92 Å². The lowest BCUT2D eigenvalue weighted by Crippen LogP contribution is -2.25. The van der Waals surface area contributed by atoms with Gasteiger partial charge in [-0.05, 0) is 44.0 Å². The summed E-state index contributed by atoms with van der Waals surface area (Å²) in [6.07, 6.45) is 0. The lowest BCUT2D eigenvalue weighted by atomic mass is 10.1. The van der Waals surface area contributed by atoms with E-state index in [1.54, 1.807) is 0 Å². The highest BCUT2D eigenvalue weighted by Gasteiger charge is 2.04. The van der Waals surface area contributed by atoms with Crippen molar-refractivity contribution in [2.45, 2.75) is 40.3 Å². The van der Waals surface area contributed by atoms with E-state index in [2.05, 4.69) is 69.2 Å². The summed E-state index contributed by atoms with van der Waals surface area (Å²) in [5.41, 5.74) is 2.64. The fourth-order valence-corrected chi connectivity index (χ4v) is 1.65. The van der Waals surface area contributed by atoms with Crippen LogP contribution in [0.1, 0.15) is 33.3 Å². The molecule has 2 heteroatoms. The van der Waals surface area contributed by atoms with E-state index >= 15 is 0 Å². The molecule has 96 valence electrons. The van der Waals surface area contributed by atoms with Gasteiger partial charge in [-0.2, -0.15) is 0 Å². The van der Waals surface area contributed by atoms with Crippen LogP contribution in [-0.2, 0) is 6.54 Å². The number of benzene rings is 1. The lowest BCUT2D eigenvalue weighted by Gasteiger charge is -2.23. The van der Waals surface area contributed by atoms with Gasteiger partial charge in [0.05, 0.1) is 0 Å². The molecule has 0 spiro atoms. The Balaban J connectivity index is 2.50. The molecular formula is C15H26N2. The molecule has 0 saturated heterocycles. The maximum absolute atomic E-state index is 3.46. The topological polar surface area (TPSA) is 15.3 Å². The van der Waals surface area contributed by atoms with E-state index in [4.69, 9.17) is 0 Å². The van der Waals surface area contributed by atoms with Crippen molar-refractivity contribution in [1.29, 1.82) is 0 Å². The zero-order valence-corrected chi connectivity index (χ0v) is 11.8. The van der Waals surface area contributed by atoms with Gasteiger partial charge in [-0.3, -0.25) is 0 Å². The molecule has 17 heavy (non-hydrogen) atoms. The molecule has 0 aliphatic heterocycles. The summed E-state index contributed by atoms with van der Waals surface area (Å²) in [5, 5.41) is 3.46. The highest BCUT2D eigenvalue weighted by atomic mass is 15.1. The molecule has 1 rings (SSSR count). The Bertz CT molecular complexity index is 314. The van der Waals surface area contributed by atoms with Crippen molar-refractivity contribution in [3.05, 3.63) is 29.8 Å². The second-order valence-corrected chi connectivity index (χ2v) is 5.40. The summed E-state index contributed by atoms with van der Waals surface area (Å²) in [7, 11) is 2.14. The third kappa shape index (κ3) is 4.78. The number of nitrogens with one attached hydrogen (secondary N) is 1. The van der Waals surface area contributed by atoms with Gasteiger partial charge in [0.2, 0.25) is 0 Å². The van der Waals surface area contributed by atoms with Crippen LogP contribution in [0.2, 0.25) is 0 Å². The van der Waals surface area contributed by atoms with Crippen molar-refractivity contribution >= 4 is 5.69 Å². The molecule has 0 fully saturated rings. The zero-order valence-electron chi connectivity index (χ0n) is 11.8. The second-order valence-electron chi connectivity index (χ2n) is 5.40. The molecule has 0 heterocycles. The second kappa shape index (κ2) is 6.65. The number of nitrogens with zero attached hydrogens (tertiary/aromatic N) is 1. The van der Waals surface area contributed by atoms with Gasteiger partial charge in [-0.1, -0.05) is 26.0 Å². The summed E-state index contributed by atoms with van der Waals surface area (Å²) in [6.45, 7) is 10.9. The van der Waals surface area contributed by atoms with Gasteiger partial charge in [0.15, 0.2) is 0 Å². The summed E-state index contributed by atoms with van der Waals surface area (Å²) >= 11 is 0. The van der Waals surface area contributed by atoms with Gasteiger partial charge in [0.25, 0.3) is 0 Å². The van der Waals surface area contributed by atoms with E-state index < -0.39 is 0 Å². The van der Waals surface area contributed by atoms with Gasteiger partial charge < -0.3 is 10.2 Å². The van der Waals surface area contributed by atoms with Gasteiger partial charge >= 0.3 is 0 Å². The summed E-state index contributed by atoms with van der Waals surface area (Å²) in [5.74, 6) is 0.710. The highest BCUT2D eigenvalue weighted by molar-refractivity contribution is 5.47. The minimum Gasteiger partial charge on any atom is -0.372 e. The predicted octanol–water partition coefficient (Wildman–Crippen LogP) is 3.28. The third-order valence-electron chi connectivity index (χ3n) is 3.00. The Morgan fingerprint density at radius 1 is 1.06 bits per heavy atom. The molecule has 1 N–H and O–H groups in total. The van der Waals surface area contributed by atoms with E-state index in [0.29, 0.717) is 12.0 Å². The monoisotopic (exact) mass is 234 g/mol. The summed E-state index contributed by atoms with van der Waals surface area (Å²) in [6, 6.07) is 9.36. The van der Waals surface area contributed by atoms with E-state index in [1.807, 2.05) is 0 Å². The SMILES string of the molecule is CC(C)CNCc1ccc(N(C)C(C)C)cc1. The highest BCUT2D eigenvalue weighted by Crippen LogP contribution is 2.15. The predicted molar refractivity (Wildman–Crippen MR) is 76.5 cm³/mol. The molecule has 0 aliphatic carbocycles. The van der Waals surface area contributed by atoms with Crippen LogP contribution in [0.5, 0.6) is 0 Å². The van der Waals surface area contributed by atoms with E-state index in [9.17, 15) is 0 Å². The van der Waals surface area contributed by atoms with Gasteiger partial charge in [-0.25, -0.2) is 0 Å². The van der Waals surface area contributed by atoms with Crippen LogP contribution in [-0.4, -0.2) is 19.6 Å². The largest absolute Gasteiger partial charge is 0.372 e. The average molecular weight is 234 g/mol. The zero-order chi connectivity index (χ0) is 12.8. The average Bonchev–Trinajstić information content (AvgIpc) is 2.28. The Hall–Kier alpha value is -1.02. The number of anilines is 1. The Morgan fingerprint density at radius 2 is 1.65 bits per heavy atom. The Morgan fingerprint density at radius 3 is 2.12 bits per heavy atom. The van der Waals surface area contributed by atoms with Crippen molar-refractivity contribution in [3.63, 3.8) is 0 Å². The van der Waals surface area contributed by atoms with Crippen LogP contribution in [0.25, 0.3) is 0 Å². The first-order chi connectivity index (χ1) is 8.00. The molecule has 0 aromatic heterocycles. The van der Waals surface area contributed by atoms with Crippen LogP contribution in [0.4, 0.5) is 5.69 Å². The number of hydrogen-bond acceptors (Lipinski definition) is 2. The number of rotatable bonds is 6. The molecule has 0 aliphatic rings. The molecule has 0 radical (unpaired) electrons. The quantitative estimate of drug-likeness (QED) is 0.812. The van der Waals surface area contributed by atoms with Crippen molar-refractivity contribution in [2.24, 2.45) is 5.92 Å². The Labute approximate surface area is 106 Å². The third-order valence-corrected chi connectivity index (χ3v) is 3.00. The fraction of sp³-hybridized carbons (Fsp3) is 0.600. The first-order valence-electron chi connectivity index (χ1n) is 6.53. The van der Waals surface area contributed by atoms with Crippen molar-refractivity contribution in [1.82, 2.24) is 5.32 Å². The molecule has 2 nitrogen and oxygen atoms in total. The smallest absolute Gasteiger partial charge is 0.0366 e. The van der Waals surface area contributed by atoms with Crippen LogP contribution < -0.4 is 10.2 Å². The summed E-state index contributed by atoms with van der Waals surface area (Å²) < 4.78 is 0. The van der Waals surface area contributed by atoms with E-state index in [1.165, 1.54) is 11.3 Å². The molecule has 0 saturated carbocycles. The standard InChI is InChI=1S/C15H26N2/c1-12(2)10-16-11-14-6-8-15(9-7-14)17(5)13(3)4/h6-9,12-13,16H,10-11H2,1-5H3. The lowest BCUT2D eigenvalue weighted by molar-refractivity contribution is 0.552. The molecule has 0 atom stereocenters. The molecule has 0 unspecified atom stereocenters. The fourth-order valence-electron chi connectivity index (χ4n) is 1.65. The van der Waals surface area contributed by atoms with Crippen LogP contribution in [0.15, 0.2) is 24.3 Å². The first-order valence-corrected chi connectivity index (χ1v) is 6.53. The normalized spacial score (nSPS) is 11.2.